The predicted molar refractivity (Wildman–Crippen MR) is 129 cm³/mol. The van der Waals surface area contributed by atoms with Gasteiger partial charge in [0.2, 0.25) is 6.41 Å². The number of rotatable bonds is 8. The topological polar surface area (TPSA) is 43.1 Å². The molecule has 0 N–H and O–H groups in total. The van der Waals surface area contributed by atoms with Crippen molar-refractivity contribution < 1.29 is 4.79 Å². The first-order valence-electron chi connectivity index (χ1n) is 12.8. The third-order valence-electron chi connectivity index (χ3n) is 8.05. The van der Waals surface area contributed by atoms with Gasteiger partial charge in [0.15, 0.2) is 0 Å². The molecule has 2 heterocycles. The molecule has 0 bridgehead atoms. The second-order valence-electron chi connectivity index (χ2n) is 10.3. The van der Waals surface area contributed by atoms with Gasteiger partial charge >= 0.3 is 0 Å². The fourth-order valence-electron chi connectivity index (χ4n) is 6.27. The lowest BCUT2D eigenvalue weighted by molar-refractivity contribution is 0.259. The summed E-state index contributed by atoms with van der Waals surface area (Å²) in [6, 6.07) is 3.46. The Morgan fingerprint density at radius 1 is 1.19 bits per heavy atom. The Hall–Kier alpha value is -2.30. The smallest absolute Gasteiger partial charge is 0.234 e. The number of aryl methyl sites for hydroxylation is 2. The monoisotopic (exact) mass is 434 g/mol. The number of nitrogens with zero attached hydrogens (tertiary/aromatic N) is 4. The van der Waals surface area contributed by atoms with E-state index >= 15 is 0 Å². The van der Waals surface area contributed by atoms with E-state index in [1.807, 2.05) is 6.20 Å². The molecular weight excluding hydrogens is 396 g/mol. The fraction of sp³-hybridized carbons (Fsp3) is 0.630. The second kappa shape index (κ2) is 8.92. The molecule has 2 fully saturated rings. The predicted octanol–water partition coefficient (Wildman–Crippen LogP) is 5.17. The maximum atomic E-state index is 11.2. The lowest BCUT2D eigenvalue weighted by atomic mass is 9.89. The number of hydrogen-bond acceptors (Lipinski definition) is 3. The van der Waals surface area contributed by atoms with Gasteiger partial charge in [0.1, 0.15) is 0 Å². The number of carbonyl (C=O) groups is 1. The van der Waals surface area contributed by atoms with Crippen LogP contribution in [0.1, 0.15) is 86.5 Å². The van der Waals surface area contributed by atoms with Crippen LogP contribution >= 0.6 is 0 Å². The molecule has 2 aromatic heterocycles. The maximum absolute atomic E-state index is 11.2. The van der Waals surface area contributed by atoms with Crippen LogP contribution in [0.4, 0.5) is 0 Å². The van der Waals surface area contributed by atoms with Crippen LogP contribution in [0.3, 0.4) is 0 Å². The highest BCUT2D eigenvalue weighted by atomic mass is 16.1. The molecule has 5 heteroatoms. The molecular formula is C27H38N4O. The minimum Gasteiger partial charge on any atom is -0.365 e. The van der Waals surface area contributed by atoms with E-state index in [-0.39, 0.29) is 0 Å². The molecule has 5 rings (SSSR count). The van der Waals surface area contributed by atoms with Crippen molar-refractivity contribution in [2.45, 2.75) is 103 Å². The van der Waals surface area contributed by atoms with Crippen molar-refractivity contribution >= 4 is 12.1 Å². The third-order valence-corrected chi connectivity index (χ3v) is 8.05. The van der Waals surface area contributed by atoms with E-state index in [0.717, 1.165) is 43.7 Å². The van der Waals surface area contributed by atoms with Crippen LogP contribution in [0.2, 0.25) is 0 Å². The molecule has 0 aromatic carbocycles. The van der Waals surface area contributed by atoms with Gasteiger partial charge in [-0.2, -0.15) is 5.10 Å². The summed E-state index contributed by atoms with van der Waals surface area (Å²) in [6.07, 6.45) is 16.2. The molecule has 2 saturated carbocycles. The van der Waals surface area contributed by atoms with Crippen LogP contribution in [-0.4, -0.2) is 37.7 Å². The summed E-state index contributed by atoms with van der Waals surface area (Å²) in [5, 5.41) is 4.43. The average Bonchev–Trinajstić information content (AvgIpc) is 3.47. The van der Waals surface area contributed by atoms with Crippen LogP contribution in [0.25, 0.3) is 5.70 Å². The van der Waals surface area contributed by atoms with Gasteiger partial charge in [0.05, 0.1) is 5.69 Å². The molecule has 0 saturated heterocycles. The van der Waals surface area contributed by atoms with Gasteiger partial charge in [0, 0.05) is 47.5 Å². The van der Waals surface area contributed by atoms with Crippen molar-refractivity contribution in [1.82, 2.24) is 19.2 Å². The summed E-state index contributed by atoms with van der Waals surface area (Å²) >= 11 is 0. The highest BCUT2D eigenvalue weighted by molar-refractivity contribution is 5.66. The minimum absolute atomic E-state index is 0.443. The molecule has 0 spiro atoms. The minimum atomic E-state index is 0.443. The molecule has 2 aromatic rings. The zero-order valence-electron chi connectivity index (χ0n) is 19.9. The quantitative estimate of drug-likeness (QED) is 0.539. The molecule has 32 heavy (non-hydrogen) atoms. The highest BCUT2D eigenvalue weighted by Gasteiger charge is 2.38. The van der Waals surface area contributed by atoms with Crippen molar-refractivity contribution in [1.29, 1.82) is 0 Å². The van der Waals surface area contributed by atoms with E-state index in [9.17, 15) is 4.79 Å². The number of hydrogen-bond donors (Lipinski definition) is 0. The Kier molecular flexibility index (Phi) is 6.00. The van der Waals surface area contributed by atoms with Crippen molar-refractivity contribution in [2.24, 2.45) is 5.92 Å². The normalized spacial score (nSPS) is 21.4. The van der Waals surface area contributed by atoms with Crippen LogP contribution in [-0.2, 0) is 30.6 Å². The molecule has 172 valence electrons. The van der Waals surface area contributed by atoms with Gasteiger partial charge in [-0.15, -0.1) is 0 Å². The molecule has 5 nitrogen and oxygen atoms in total. The van der Waals surface area contributed by atoms with Gasteiger partial charge in [-0.05, 0) is 75.8 Å². The molecule has 3 aliphatic carbocycles. The first-order valence-corrected chi connectivity index (χ1v) is 12.8. The second-order valence-corrected chi connectivity index (χ2v) is 10.3. The van der Waals surface area contributed by atoms with Crippen LogP contribution in [0, 0.1) is 12.8 Å². The standard InChI is InChI=1S/C27H38N4O/c1-4-27-25(14-19(2)30(27)16-21-8-6-5-7-9-21)20(3)31(23-10-11-23)24-12-13-26-22(15-24)17-29(18-32)28-26/h14,17-18,21,23-24H,3-13,15-16H2,1-2H3. The zero-order valence-corrected chi connectivity index (χ0v) is 19.9. The van der Waals surface area contributed by atoms with Gasteiger partial charge in [0.25, 0.3) is 0 Å². The molecule has 1 unspecified atom stereocenters. The van der Waals surface area contributed by atoms with Crippen molar-refractivity contribution in [3.05, 3.63) is 47.1 Å². The molecule has 0 amide bonds. The Bertz CT molecular complexity index is 990. The SMILES string of the molecule is C=C(c1cc(C)n(CC2CCCCC2)c1CC)N(C1CC1)C1CCc2nn(C=O)cc2C1. The molecule has 3 aliphatic rings. The van der Waals surface area contributed by atoms with Crippen LogP contribution in [0.5, 0.6) is 0 Å². The number of fused-ring (bicyclic) bond motifs is 1. The number of aromatic nitrogens is 3. The summed E-state index contributed by atoms with van der Waals surface area (Å²) in [6.45, 7) is 10.4. The first kappa shape index (κ1) is 21.5. The zero-order chi connectivity index (χ0) is 22.2. The van der Waals surface area contributed by atoms with Crippen molar-refractivity contribution in [3.63, 3.8) is 0 Å². The summed E-state index contributed by atoms with van der Waals surface area (Å²) in [5.74, 6) is 0.826. The summed E-state index contributed by atoms with van der Waals surface area (Å²) < 4.78 is 4.04. The summed E-state index contributed by atoms with van der Waals surface area (Å²) in [4.78, 5) is 13.8. The van der Waals surface area contributed by atoms with Gasteiger partial charge < -0.3 is 9.47 Å². The third kappa shape index (κ3) is 4.06. The van der Waals surface area contributed by atoms with E-state index in [4.69, 9.17) is 0 Å². The van der Waals surface area contributed by atoms with Crippen molar-refractivity contribution in [3.8, 4) is 0 Å². The lowest BCUT2D eigenvalue weighted by Gasteiger charge is -2.37. The van der Waals surface area contributed by atoms with Gasteiger partial charge in [-0.25, -0.2) is 4.68 Å². The maximum Gasteiger partial charge on any atom is 0.234 e. The Balaban J connectivity index is 1.40. The van der Waals surface area contributed by atoms with Crippen LogP contribution < -0.4 is 0 Å². The molecule has 0 aliphatic heterocycles. The van der Waals surface area contributed by atoms with Gasteiger partial charge in [-0.3, -0.25) is 4.79 Å². The van der Waals surface area contributed by atoms with Gasteiger partial charge in [-0.1, -0.05) is 32.8 Å². The molecule has 1 atom stereocenters. The summed E-state index contributed by atoms with van der Waals surface area (Å²) in [7, 11) is 0. The lowest BCUT2D eigenvalue weighted by Crippen LogP contribution is -2.39. The van der Waals surface area contributed by atoms with E-state index in [2.05, 4.69) is 41.1 Å². The average molecular weight is 435 g/mol. The number of carbonyl (C=O) groups excluding carboxylic acids is 1. The van der Waals surface area contributed by atoms with E-state index in [1.165, 1.54) is 84.4 Å². The van der Waals surface area contributed by atoms with Crippen molar-refractivity contribution in [2.75, 3.05) is 0 Å². The fourth-order valence-corrected chi connectivity index (χ4v) is 6.27. The Morgan fingerprint density at radius 3 is 2.66 bits per heavy atom. The summed E-state index contributed by atoms with van der Waals surface area (Å²) in [5.41, 5.74) is 7.76. The first-order chi connectivity index (χ1) is 15.6. The van der Waals surface area contributed by atoms with Crippen LogP contribution in [0.15, 0.2) is 18.8 Å². The Labute approximate surface area is 192 Å². The Morgan fingerprint density at radius 2 is 1.97 bits per heavy atom. The highest BCUT2D eigenvalue weighted by Crippen LogP contribution is 2.40. The molecule has 0 radical (unpaired) electrons. The largest absolute Gasteiger partial charge is 0.365 e. The van der Waals surface area contributed by atoms with E-state index in [1.54, 1.807) is 0 Å². The van der Waals surface area contributed by atoms with E-state index < -0.39 is 0 Å². The van der Waals surface area contributed by atoms with E-state index in [0.29, 0.717) is 12.1 Å².